The molecule has 2 heteroatoms. The van der Waals surface area contributed by atoms with Crippen LogP contribution in [-0.2, 0) is 5.41 Å². The van der Waals surface area contributed by atoms with Gasteiger partial charge in [-0.15, -0.1) is 0 Å². The quantitative estimate of drug-likeness (QED) is 0.162. The number of furan rings is 1. The van der Waals surface area contributed by atoms with Crippen molar-refractivity contribution in [1.82, 2.24) is 0 Å². The normalized spacial score (nSPS) is 11.7. The van der Waals surface area contributed by atoms with Crippen molar-refractivity contribution in [2.24, 2.45) is 0 Å². The van der Waals surface area contributed by atoms with Crippen molar-refractivity contribution in [3.63, 3.8) is 0 Å². The topological polar surface area (TPSA) is 16.4 Å². The van der Waals surface area contributed by atoms with E-state index >= 15 is 0 Å². The Labute approximate surface area is 340 Å². The zero-order valence-electron chi connectivity index (χ0n) is 33.0. The number of para-hydroxylation sites is 3. The van der Waals surface area contributed by atoms with Crippen LogP contribution in [-0.4, -0.2) is 0 Å². The SMILES string of the molecule is CC(C)(C)c1ccc(-c2ccccc2N(c2cccc(-c3cccc4oc5ccccc5c34)c2)c2ccccc2-c2cccc3cccc(-c4ccccc4)c23)cc1. The number of benzene rings is 9. The zero-order valence-corrected chi connectivity index (χ0v) is 33.0. The van der Waals surface area contributed by atoms with Crippen molar-refractivity contribution < 1.29 is 4.42 Å². The molecule has 0 aliphatic rings. The second-order valence-electron chi connectivity index (χ2n) is 16.1. The molecule has 1 heterocycles. The number of nitrogens with zero attached hydrogens (tertiary/aromatic N) is 1. The summed E-state index contributed by atoms with van der Waals surface area (Å²) >= 11 is 0. The third kappa shape index (κ3) is 6.24. The van der Waals surface area contributed by atoms with E-state index in [1.165, 1.54) is 38.6 Å². The third-order valence-electron chi connectivity index (χ3n) is 11.4. The van der Waals surface area contributed by atoms with E-state index < -0.39 is 0 Å². The van der Waals surface area contributed by atoms with Gasteiger partial charge in [-0.2, -0.15) is 0 Å². The van der Waals surface area contributed by atoms with E-state index in [4.69, 9.17) is 4.42 Å². The molecule has 1 aromatic heterocycles. The lowest BCUT2D eigenvalue weighted by atomic mass is 9.86. The summed E-state index contributed by atoms with van der Waals surface area (Å²) in [4.78, 5) is 2.46. The molecule has 0 unspecified atom stereocenters. The van der Waals surface area contributed by atoms with Crippen LogP contribution in [0.3, 0.4) is 0 Å². The van der Waals surface area contributed by atoms with Crippen LogP contribution in [0.4, 0.5) is 17.1 Å². The molecule has 10 rings (SSSR count). The van der Waals surface area contributed by atoms with Gasteiger partial charge in [-0.1, -0.05) is 191 Å². The van der Waals surface area contributed by atoms with E-state index in [1.54, 1.807) is 0 Å². The maximum Gasteiger partial charge on any atom is 0.136 e. The first-order valence-electron chi connectivity index (χ1n) is 20.1. The maximum atomic E-state index is 6.36. The zero-order chi connectivity index (χ0) is 39.2. The van der Waals surface area contributed by atoms with Gasteiger partial charge in [0.25, 0.3) is 0 Å². The number of fused-ring (bicyclic) bond motifs is 4. The minimum Gasteiger partial charge on any atom is -0.456 e. The standard InChI is InChI=1S/C56H43NO/c1-56(2,3)42-35-33-39(34-36-42)44-23-7-10-29-50(44)57(43-22-13-21-41(37-43)46-27-16-32-53-55(46)49-25-9-12-31-52(49)58-53)51-30-11-8-24-47(51)48-28-15-20-40-19-14-26-45(54(40)48)38-17-5-4-6-18-38/h4-37H,1-3H3. The maximum absolute atomic E-state index is 6.36. The molecular formula is C56H43NO. The fourth-order valence-corrected chi connectivity index (χ4v) is 8.62. The van der Waals surface area contributed by atoms with Gasteiger partial charge in [0.15, 0.2) is 0 Å². The minimum atomic E-state index is 0.0592. The fraction of sp³-hybridized carbons (Fsp3) is 0.0714. The van der Waals surface area contributed by atoms with Crippen molar-refractivity contribution in [2.45, 2.75) is 26.2 Å². The van der Waals surface area contributed by atoms with E-state index in [-0.39, 0.29) is 5.41 Å². The van der Waals surface area contributed by atoms with Gasteiger partial charge >= 0.3 is 0 Å². The Bertz CT molecular complexity index is 3090. The van der Waals surface area contributed by atoms with Crippen LogP contribution in [0.1, 0.15) is 26.3 Å². The highest BCUT2D eigenvalue weighted by molar-refractivity contribution is 6.13. The van der Waals surface area contributed by atoms with E-state index in [0.717, 1.165) is 61.3 Å². The first-order chi connectivity index (χ1) is 28.4. The molecule has 0 bridgehead atoms. The molecule has 0 fully saturated rings. The summed E-state index contributed by atoms with van der Waals surface area (Å²) in [6, 6.07) is 74.6. The molecule has 0 amide bonds. The average Bonchev–Trinajstić information content (AvgIpc) is 3.66. The predicted octanol–water partition coefficient (Wildman–Crippen LogP) is 16.2. The highest BCUT2D eigenvalue weighted by atomic mass is 16.3. The largest absolute Gasteiger partial charge is 0.456 e. The summed E-state index contributed by atoms with van der Waals surface area (Å²) in [5.74, 6) is 0. The van der Waals surface area contributed by atoms with Crippen LogP contribution in [0.15, 0.2) is 211 Å². The molecular weight excluding hydrogens is 703 g/mol. The third-order valence-corrected chi connectivity index (χ3v) is 11.4. The van der Waals surface area contributed by atoms with Gasteiger partial charge in [0.05, 0.1) is 11.4 Å². The first kappa shape index (κ1) is 35.3. The van der Waals surface area contributed by atoms with Gasteiger partial charge in [0, 0.05) is 27.6 Å². The molecule has 278 valence electrons. The van der Waals surface area contributed by atoms with Crippen molar-refractivity contribution in [3.05, 3.63) is 212 Å². The summed E-state index contributed by atoms with van der Waals surface area (Å²) in [5, 5.41) is 4.70. The molecule has 0 spiro atoms. The Morgan fingerprint density at radius 1 is 0.379 bits per heavy atom. The first-order valence-corrected chi connectivity index (χ1v) is 20.1. The molecule has 0 N–H and O–H groups in total. The van der Waals surface area contributed by atoms with Gasteiger partial charge in [-0.3, -0.25) is 0 Å². The molecule has 9 aromatic carbocycles. The van der Waals surface area contributed by atoms with E-state index in [2.05, 4.69) is 226 Å². The molecule has 0 saturated carbocycles. The Hall–Kier alpha value is -7.16. The number of hydrogen-bond acceptors (Lipinski definition) is 2. The molecule has 0 aliphatic heterocycles. The summed E-state index contributed by atoms with van der Waals surface area (Å²) in [6.07, 6.45) is 0. The number of hydrogen-bond donors (Lipinski definition) is 0. The Morgan fingerprint density at radius 2 is 0.914 bits per heavy atom. The van der Waals surface area contributed by atoms with Crippen molar-refractivity contribution in [2.75, 3.05) is 4.90 Å². The molecule has 2 nitrogen and oxygen atoms in total. The van der Waals surface area contributed by atoms with Crippen molar-refractivity contribution >= 4 is 49.8 Å². The lowest BCUT2D eigenvalue weighted by molar-refractivity contribution is 0.590. The van der Waals surface area contributed by atoms with Crippen molar-refractivity contribution in [1.29, 1.82) is 0 Å². The Balaban J connectivity index is 1.23. The minimum absolute atomic E-state index is 0.0592. The van der Waals surface area contributed by atoms with E-state index in [1.807, 2.05) is 6.07 Å². The summed E-state index contributed by atoms with van der Waals surface area (Å²) in [5.41, 5.74) is 15.8. The van der Waals surface area contributed by atoms with Gasteiger partial charge < -0.3 is 9.32 Å². The van der Waals surface area contributed by atoms with Gasteiger partial charge in [0.2, 0.25) is 0 Å². The average molecular weight is 746 g/mol. The van der Waals surface area contributed by atoms with Crippen LogP contribution in [0.2, 0.25) is 0 Å². The number of rotatable bonds is 7. The van der Waals surface area contributed by atoms with E-state index in [9.17, 15) is 0 Å². The Morgan fingerprint density at radius 3 is 1.67 bits per heavy atom. The van der Waals surface area contributed by atoms with Crippen LogP contribution < -0.4 is 4.90 Å². The summed E-state index contributed by atoms with van der Waals surface area (Å²) < 4.78 is 6.36. The van der Waals surface area contributed by atoms with Crippen LogP contribution in [0.25, 0.3) is 77.2 Å². The smallest absolute Gasteiger partial charge is 0.136 e. The highest BCUT2D eigenvalue weighted by Gasteiger charge is 2.23. The van der Waals surface area contributed by atoms with Crippen LogP contribution in [0, 0.1) is 0 Å². The summed E-state index contributed by atoms with van der Waals surface area (Å²) in [7, 11) is 0. The van der Waals surface area contributed by atoms with Gasteiger partial charge in [-0.25, -0.2) is 0 Å². The van der Waals surface area contributed by atoms with Crippen LogP contribution in [0.5, 0.6) is 0 Å². The molecule has 0 saturated heterocycles. The second-order valence-corrected chi connectivity index (χ2v) is 16.1. The monoisotopic (exact) mass is 745 g/mol. The second kappa shape index (κ2) is 14.4. The molecule has 0 atom stereocenters. The lowest BCUT2D eigenvalue weighted by Gasteiger charge is -2.30. The summed E-state index contributed by atoms with van der Waals surface area (Å²) in [6.45, 7) is 6.81. The molecule has 0 radical (unpaired) electrons. The predicted molar refractivity (Wildman–Crippen MR) is 246 cm³/mol. The number of anilines is 3. The molecule has 10 aromatic rings. The lowest BCUT2D eigenvalue weighted by Crippen LogP contribution is -2.13. The molecule has 58 heavy (non-hydrogen) atoms. The van der Waals surface area contributed by atoms with Gasteiger partial charge in [0.1, 0.15) is 11.2 Å². The van der Waals surface area contributed by atoms with Gasteiger partial charge in [-0.05, 0) is 91.5 Å². The fourth-order valence-electron chi connectivity index (χ4n) is 8.62. The Kier molecular flexibility index (Phi) is 8.76. The highest BCUT2D eigenvalue weighted by Crippen LogP contribution is 2.48. The molecule has 0 aliphatic carbocycles. The van der Waals surface area contributed by atoms with E-state index in [0.29, 0.717) is 0 Å². The van der Waals surface area contributed by atoms with Crippen molar-refractivity contribution in [3.8, 4) is 44.5 Å². The van der Waals surface area contributed by atoms with Crippen LogP contribution >= 0.6 is 0 Å².